The SMILES string of the molecule is O=C(NCc1ccc(Oc2ccc(Cl)cc2)cc1)c1c(-c2ccc3sc4ccccc4c3c2)nc2ccccn12. The van der Waals surface area contributed by atoms with Crippen molar-refractivity contribution in [2.45, 2.75) is 6.54 Å². The van der Waals surface area contributed by atoms with Gasteiger partial charge in [-0.25, -0.2) is 4.98 Å². The second-order valence-electron chi connectivity index (χ2n) is 9.43. The molecule has 0 fully saturated rings. The minimum atomic E-state index is -0.189. The number of thiophene rings is 1. The molecule has 0 spiro atoms. The first-order valence-corrected chi connectivity index (χ1v) is 14.0. The summed E-state index contributed by atoms with van der Waals surface area (Å²) >= 11 is 7.72. The summed E-state index contributed by atoms with van der Waals surface area (Å²) in [6, 6.07) is 35.3. The van der Waals surface area contributed by atoms with Gasteiger partial charge in [-0.1, -0.05) is 54.1 Å². The Morgan fingerprint density at radius 1 is 0.825 bits per heavy atom. The molecule has 1 N–H and O–H groups in total. The first-order valence-electron chi connectivity index (χ1n) is 12.8. The normalized spacial score (nSPS) is 11.3. The van der Waals surface area contributed by atoms with Crippen molar-refractivity contribution in [2.75, 3.05) is 0 Å². The number of fused-ring (bicyclic) bond motifs is 4. The third kappa shape index (κ3) is 4.57. The van der Waals surface area contributed by atoms with Crippen LogP contribution in [-0.4, -0.2) is 15.3 Å². The fourth-order valence-electron chi connectivity index (χ4n) is 4.87. The highest BCUT2D eigenvalue weighted by atomic mass is 35.5. The van der Waals surface area contributed by atoms with Crippen molar-refractivity contribution < 1.29 is 9.53 Å². The van der Waals surface area contributed by atoms with E-state index in [9.17, 15) is 4.79 Å². The Labute approximate surface area is 239 Å². The Morgan fingerprint density at radius 3 is 2.38 bits per heavy atom. The number of halogens is 1. The molecule has 40 heavy (non-hydrogen) atoms. The van der Waals surface area contributed by atoms with Crippen molar-refractivity contribution in [3.63, 3.8) is 0 Å². The highest BCUT2D eigenvalue weighted by molar-refractivity contribution is 7.25. The van der Waals surface area contributed by atoms with Gasteiger partial charge in [0, 0.05) is 43.5 Å². The molecule has 0 unspecified atom stereocenters. The number of hydrogen-bond acceptors (Lipinski definition) is 4. The van der Waals surface area contributed by atoms with Gasteiger partial charge >= 0.3 is 0 Å². The molecule has 3 heterocycles. The smallest absolute Gasteiger partial charge is 0.270 e. The Bertz CT molecular complexity index is 2010. The largest absolute Gasteiger partial charge is 0.457 e. The van der Waals surface area contributed by atoms with Gasteiger partial charge < -0.3 is 10.1 Å². The van der Waals surface area contributed by atoms with Crippen LogP contribution in [0, 0.1) is 0 Å². The highest BCUT2D eigenvalue weighted by Crippen LogP contribution is 2.37. The van der Waals surface area contributed by atoms with Crippen LogP contribution in [0.2, 0.25) is 5.02 Å². The molecular weight excluding hydrogens is 538 g/mol. The Hall–Kier alpha value is -4.65. The van der Waals surface area contributed by atoms with E-state index in [1.165, 1.54) is 20.2 Å². The number of carbonyl (C=O) groups is 1. The number of pyridine rings is 1. The summed E-state index contributed by atoms with van der Waals surface area (Å²) in [5.74, 6) is 1.22. The predicted octanol–water partition coefficient (Wildman–Crippen LogP) is 8.74. The van der Waals surface area contributed by atoms with Crippen LogP contribution in [0.1, 0.15) is 16.1 Å². The molecular formula is C33H22ClN3O2S. The zero-order chi connectivity index (χ0) is 27.1. The molecule has 4 aromatic carbocycles. The van der Waals surface area contributed by atoms with Crippen molar-refractivity contribution in [2.24, 2.45) is 0 Å². The number of nitrogens with zero attached hydrogens (tertiary/aromatic N) is 2. The van der Waals surface area contributed by atoms with Gasteiger partial charge in [0.2, 0.25) is 0 Å². The molecule has 1 amide bonds. The van der Waals surface area contributed by atoms with Gasteiger partial charge in [0.1, 0.15) is 28.5 Å². The maximum absolute atomic E-state index is 13.6. The lowest BCUT2D eigenvalue weighted by atomic mass is 10.1. The molecule has 0 aliphatic rings. The van der Waals surface area contributed by atoms with E-state index in [4.69, 9.17) is 21.3 Å². The second kappa shape index (κ2) is 10.2. The number of amides is 1. The van der Waals surface area contributed by atoms with E-state index < -0.39 is 0 Å². The summed E-state index contributed by atoms with van der Waals surface area (Å²) in [7, 11) is 0. The van der Waals surface area contributed by atoms with E-state index in [-0.39, 0.29) is 5.91 Å². The van der Waals surface area contributed by atoms with Crippen LogP contribution in [-0.2, 0) is 6.54 Å². The molecule has 7 aromatic rings. The molecule has 3 aromatic heterocycles. The van der Waals surface area contributed by atoms with Crippen molar-refractivity contribution in [3.8, 4) is 22.8 Å². The van der Waals surface area contributed by atoms with Crippen LogP contribution < -0.4 is 10.1 Å². The standard InChI is InChI=1S/C33H22ClN3O2S/c34-23-11-15-25(16-12-23)39-24-13-8-21(9-14-24)20-35-33(38)32-31(36-30-7-3-4-18-37(30)32)22-10-17-29-27(19-22)26-5-1-2-6-28(26)40-29/h1-19H,20H2,(H,35,38). The summed E-state index contributed by atoms with van der Waals surface area (Å²) in [5.41, 5.74) is 3.76. The van der Waals surface area contributed by atoms with Gasteiger partial charge in [-0.05, 0) is 72.3 Å². The molecule has 0 aliphatic carbocycles. The zero-order valence-corrected chi connectivity index (χ0v) is 22.7. The maximum atomic E-state index is 13.6. The van der Waals surface area contributed by atoms with Gasteiger partial charge in [0.25, 0.3) is 5.91 Å². The van der Waals surface area contributed by atoms with E-state index in [1.807, 2.05) is 65.2 Å². The predicted molar refractivity (Wildman–Crippen MR) is 163 cm³/mol. The van der Waals surface area contributed by atoms with E-state index >= 15 is 0 Å². The molecule has 0 atom stereocenters. The highest BCUT2D eigenvalue weighted by Gasteiger charge is 2.21. The van der Waals surface area contributed by atoms with E-state index in [0.717, 1.165) is 16.8 Å². The summed E-state index contributed by atoms with van der Waals surface area (Å²) in [6.45, 7) is 0.369. The first kappa shape index (κ1) is 24.4. The Balaban J connectivity index is 1.16. The van der Waals surface area contributed by atoms with Crippen molar-refractivity contribution >= 4 is 54.7 Å². The minimum absolute atomic E-state index is 0.189. The molecule has 0 saturated heterocycles. The van der Waals surface area contributed by atoms with Gasteiger partial charge in [-0.2, -0.15) is 0 Å². The molecule has 0 radical (unpaired) electrons. The Kier molecular flexibility index (Phi) is 6.19. The fraction of sp³-hybridized carbons (Fsp3) is 0.0303. The summed E-state index contributed by atoms with van der Waals surface area (Å²) in [4.78, 5) is 18.5. The number of hydrogen-bond donors (Lipinski definition) is 1. The number of carbonyl (C=O) groups excluding carboxylic acids is 1. The van der Waals surface area contributed by atoms with Gasteiger partial charge in [-0.15, -0.1) is 11.3 Å². The molecule has 5 nitrogen and oxygen atoms in total. The third-order valence-corrected chi connectivity index (χ3v) is 8.22. The van der Waals surface area contributed by atoms with E-state index in [2.05, 4.69) is 47.8 Å². The van der Waals surface area contributed by atoms with Crippen LogP contribution in [0.15, 0.2) is 115 Å². The number of ether oxygens (including phenoxy) is 1. The van der Waals surface area contributed by atoms with Gasteiger partial charge in [0.05, 0.1) is 0 Å². The van der Waals surface area contributed by atoms with E-state index in [1.54, 1.807) is 23.5 Å². The number of benzene rings is 4. The Morgan fingerprint density at radius 2 is 1.55 bits per heavy atom. The van der Waals surface area contributed by atoms with Crippen LogP contribution in [0.5, 0.6) is 11.5 Å². The lowest BCUT2D eigenvalue weighted by Crippen LogP contribution is -2.24. The monoisotopic (exact) mass is 559 g/mol. The topological polar surface area (TPSA) is 55.6 Å². The van der Waals surface area contributed by atoms with Gasteiger partial charge in [0.15, 0.2) is 0 Å². The number of nitrogens with one attached hydrogen (secondary N) is 1. The second-order valence-corrected chi connectivity index (χ2v) is 10.9. The lowest BCUT2D eigenvalue weighted by Gasteiger charge is -2.09. The molecule has 0 bridgehead atoms. The number of imidazole rings is 1. The molecule has 7 rings (SSSR count). The van der Waals surface area contributed by atoms with Crippen molar-refractivity contribution in [1.29, 1.82) is 0 Å². The number of rotatable bonds is 6. The lowest BCUT2D eigenvalue weighted by molar-refractivity contribution is 0.0945. The zero-order valence-electron chi connectivity index (χ0n) is 21.2. The minimum Gasteiger partial charge on any atom is -0.457 e. The first-order chi connectivity index (χ1) is 19.6. The van der Waals surface area contributed by atoms with Crippen LogP contribution >= 0.6 is 22.9 Å². The molecule has 0 aliphatic heterocycles. The van der Waals surface area contributed by atoms with Gasteiger partial charge in [-0.3, -0.25) is 9.20 Å². The summed E-state index contributed by atoms with van der Waals surface area (Å²) < 4.78 is 10.2. The fourth-order valence-corrected chi connectivity index (χ4v) is 6.08. The maximum Gasteiger partial charge on any atom is 0.270 e. The quantitative estimate of drug-likeness (QED) is 0.221. The van der Waals surface area contributed by atoms with Crippen LogP contribution in [0.4, 0.5) is 0 Å². The van der Waals surface area contributed by atoms with Crippen molar-refractivity contribution in [3.05, 3.63) is 132 Å². The van der Waals surface area contributed by atoms with E-state index in [0.29, 0.717) is 34.5 Å². The average Bonchev–Trinajstić information content (AvgIpc) is 3.56. The van der Waals surface area contributed by atoms with Crippen LogP contribution in [0.25, 0.3) is 37.1 Å². The van der Waals surface area contributed by atoms with Crippen molar-refractivity contribution in [1.82, 2.24) is 14.7 Å². The number of aromatic nitrogens is 2. The summed E-state index contributed by atoms with van der Waals surface area (Å²) in [6.07, 6.45) is 1.88. The molecule has 7 heteroatoms. The average molecular weight is 560 g/mol. The molecule has 194 valence electrons. The molecule has 0 saturated carbocycles. The van der Waals surface area contributed by atoms with Crippen LogP contribution in [0.3, 0.4) is 0 Å². The third-order valence-electron chi connectivity index (χ3n) is 6.82. The summed E-state index contributed by atoms with van der Waals surface area (Å²) in [5, 5.41) is 6.13.